The molecule has 0 aliphatic rings. The van der Waals surface area contributed by atoms with Crippen molar-refractivity contribution in [3.8, 4) is 11.5 Å². The minimum absolute atomic E-state index is 0.277. The van der Waals surface area contributed by atoms with Gasteiger partial charge in [-0.25, -0.2) is 18.5 Å². The number of nitrogens with zero attached hydrogens (tertiary/aromatic N) is 5. The zero-order valence-electron chi connectivity index (χ0n) is 8.98. The largest absolute Gasteiger partial charge is 0.296 e. The topological polar surface area (TPSA) is 117 Å². The first-order valence-electron chi connectivity index (χ1n) is 4.76. The molecule has 0 aromatic carbocycles. The van der Waals surface area contributed by atoms with Crippen LogP contribution >= 0.6 is 0 Å². The summed E-state index contributed by atoms with van der Waals surface area (Å²) in [4.78, 5) is 7.92. The maximum absolute atomic E-state index is 11.3. The van der Waals surface area contributed by atoms with Crippen molar-refractivity contribution in [2.45, 2.75) is 18.6 Å². The van der Waals surface area contributed by atoms with Gasteiger partial charge < -0.3 is 0 Å². The molecule has 0 spiro atoms. The summed E-state index contributed by atoms with van der Waals surface area (Å²) < 4.78 is 23.9. The first-order chi connectivity index (χ1) is 8.04. The molecule has 90 valence electrons. The van der Waals surface area contributed by atoms with Gasteiger partial charge in [0.05, 0.1) is 6.20 Å². The van der Waals surface area contributed by atoms with Crippen molar-refractivity contribution in [2.75, 3.05) is 0 Å². The highest BCUT2D eigenvalue weighted by molar-refractivity contribution is 7.89. The standard InChI is InChI=1S/C8H10N6O2S/c1-2-14-7(6-5-10-3-4-11-6)12-13-8(14)17(9,15)16/h3-5H,2H2,1H3,(H2,9,15,16). The van der Waals surface area contributed by atoms with E-state index in [9.17, 15) is 8.42 Å². The molecule has 0 atom stereocenters. The highest BCUT2D eigenvalue weighted by Crippen LogP contribution is 2.16. The fraction of sp³-hybridized carbons (Fsp3) is 0.250. The van der Waals surface area contributed by atoms with E-state index in [0.29, 0.717) is 18.1 Å². The van der Waals surface area contributed by atoms with Gasteiger partial charge in [0, 0.05) is 18.9 Å². The van der Waals surface area contributed by atoms with Gasteiger partial charge in [0.25, 0.3) is 15.2 Å². The number of rotatable bonds is 3. The molecule has 0 saturated carbocycles. The van der Waals surface area contributed by atoms with Crippen molar-refractivity contribution >= 4 is 10.0 Å². The Morgan fingerprint density at radius 3 is 2.65 bits per heavy atom. The maximum atomic E-state index is 11.3. The Morgan fingerprint density at radius 1 is 1.35 bits per heavy atom. The summed E-state index contributed by atoms with van der Waals surface area (Å²) in [6.07, 6.45) is 4.47. The molecule has 2 aromatic heterocycles. The second kappa shape index (κ2) is 4.18. The van der Waals surface area contributed by atoms with Crippen LogP contribution in [0.2, 0.25) is 0 Å². The maximum Gasteiger partial charge on any atom is 0.273 e. The van der Waals surface area contributed by atoms with E-state index >= 15 is 0 Å². The fourth-order valence-corrected chi connectivity index (χ4v) is 2.07. The molecule has 17 heavy (non-hydrogen) atoms. The van der Waals surface area contributed by atoms with Gasteiger partial charge in [-0.15, -0.1) is 10.2 Å². The lowest BCUT2D eigenvalue weighted by molar-refractivity contribution is 0.570. The van der Waals surface area contributed by atoms with Crippen LogP contribution in [-0.2, 0) is 16.6 Å². The highest BCUT2D eigenvalue weighted by Gasteiger charge is 2.21. The molecule has 0 radical (unpaired) electrons. The van der Waals surface area contributed by atoms with Crippen LogP contribution in [0.4, 0.5) is 0 Å². The van der Waals surface area contributed by atoms with Crippen LogP contribution in [0.15, 0.2) is 23.7 Å². The van der Waals surface area contributed by atoms with Gasteiger partial charge in [-0.05, 0) is 6.92 Å². The summed E-state index contributed by atoms with van der Waals surface area (Å²) in [5.74, 6) is 0.324. The molecule has 0 saturated heterocycles. The van der Waals surface area contributed by atoms with Gasteiger partial charge >= 0.3 is 0 Å². The van der Waals surface area contributed by atoms with Gasteiger partial charge in [0.15, 0.2) is 5.82 Å². The summed E-state index contributed by atoms with van der Waals surface area (Å²) in [6.45, 7) is 2.13. The van der Waals surface area contributed by atoms with E-state index in [1.54, 1.807) is 6.92 Å². The summed E-state index contributed by atoms with van der Waals surface area (Å²) >= 11 is 0. The quantitative estimate of drug-likeness (QED) is 0.781. The number of hydrogen-bond donors (Lipinski definition) is 1. The van der Waals surface area contributed by atoms with Crippen LogP contribution in [0.3, 0.4) is 0 Å². The van der Waals surface area contributed by atoms with Crippen molar-refractivity contribution in [2.24, 2.45) is 5.14 Å². The Morgan fingerprint density at radius 2 is 2.12 bits per heavy atom. The monoisotopic (exact) mass is 254 g/mol. The molecule has 0 amide bonds. The lowest BCUT2D eigenvalue weighted by Crippen LogP contribution is -2.18. The lowest BCUT2D eigenvalue weighted by atomic mass is 10.4. The minimum Gasteiger partial charge on any atom is -0.296 e. The molecular formula is C8H10N6O2S. The molecule has 2 rings (SSSR count). The summed E-state index contributed by atoms with van der Waals surface area (Å²) in [5, 5.41) is 12.1. The Kier molecular flexibility index (Phi) is 2.86. The van der Waals surface area contributed by atoms with Gasteiger partial charge in [0.1, 0.15) is 5.69 Å². The predicted octanol–water partition coefficient (Wildman–Crippen LogP) is -0.598. The zero-order valence-corrected chi connectivity index (χ0v) is 9.79. The van der Waals surface area contributed by atoms with Gasteiger partial charge in [-0.1, -0.05) is 0 Å². The van der Waals surface area contributed by atoms with E-state index < -0.39 is 10.0 Å². The van der Waals surface area contributed by atoms with Crippen LogP contribution in [0.1, 0.15) is 6.92 Å². The smallest absolute Gasteiger partial charge is 0.273 e. The number of sulfonamides is 1. The number of aromatic nitrogens is 5. The van der Waals surface area contributed by atoms with Gasteiger partial charge in [-0.3, -0.25) is 9.55 Å². The molecule has 0 fully saturated rings. The number of primary sulfonamides is 1. The second-order valence-corrected chi connectivity index (χ2v) is 4.64. The second-order valence-electron chi connectivity index (χ2n) is 3.19. The van der Waals surface area contributed by atoms with E-state index in [1.807, 2.05) is 0 Å². The van der Waals surface area contributed by atoms with Crippen molar-refractivity contribution in [3.05, 3.63) is 18.6 Å². The zero-order chi connectivity index (χ0) is 12.5. The van der Waals surface area contributed by atoms with Crippen molar-refractivity contribution < 1.29 is 8.42 Å². The van der Waals surface area contributed by atoms with E-state index in [4.69, 9.17) is 5.14 Å². The molecule has 9 heteroatoms. The molecule has 2 heterocycles. The number of nitrogens with two attached hydrogens (primary N) is 1. The molecular weight excluding hydrogens is 244 g/mol. The van der Waals surface area contributed by atoms with Crippen LogP contribution in [-0.4, -0.2) is 33.2 Å². The third-order valence-electron chi connectivity index (χ3n) is 2.08. The van der Waals surface area contributed by atoms with Crippen LogP contribution in [0, 0.1) is 0 Å². The SMILES string of the molecule is CCn1c(-c2cnccn2)nnc1S(N)(=O)=O. The normalized spacial score (nSPS) is 11.6. The lowest BCUT2D eigenvalue weighted by Gasteiger charge is -2.04. The van der Waals surface area contributed by atoms with Crippen LogP contribution in [0.5, 0.6) is 0 Å². The summed E-state index contributed by atoms with van der Waals surface area (Å²) in [7, 11) is -3.89. The molecule has 0 aliphatic carbocycles. The first kappa shape index (κ1) is 11.6. The van der Waals surface area contributed by atoms with E-state index in [2.05, 4.69) is 20.2 Å². The minimum atomic E-state index is -3.89. The molecule has 2 N–H and O–H groups in total. The van der Waals surface area contributed by atoms with Crippen LogP contribution in [0.25, 0.3) is 11.5 Å². The molecule has 0 unspecified atom stereocenters. The predicted molar refractivity (Wildman–Crippen MR) is 58.1 cm³/mol. The Labute approximate surface area is 97.6 Å². The van der Waals surface area contributed by atoms with Gasteiger partial charge in [0.2, 0.25) is 0 Å². The highest BCUT2D eigenvalue weighted by atomic mass is 32.2. The Balaban J connectivity index is 2.62. The van der Waals surface area contributed by atoms with Crippen LogP contribution < -0.4 is 5.14 Å². The molecule has 2 aromatic rings. The molecule has 8 nitrogen and oxygen atoms in total. The Bertz CT molecular complexity index is 621. The van der Waals surface area contributed by atoms with Crippen molar-refractivity contribution in [1.82, 2.24) is 24.7 Å². The summed E-state index contributed by atoms with van der Waals surface area (Å²) in [5.41, 5.74) is 0.441. The third kappa shape index (κ3) is 2.15. The molecule has 0 aliphatic heterocycles. The van der Waals surface area contributed by atoms with E-state index in [0.717, 1.165) is 0 Å². The van der Waals surface area contributed by atoms with E-state index in [-0.39, 0.29) is 5.16 Å². The Hall–Kier alpha value is -1.87. The third-order valence-corrected chi connectivity index (χ3v) is 2.89. The van der Waals surface area contributed by atoms with E-state index in [1.165, 1.54) is 23.2 Å². The van der Waals surface area contributed by atoms with Crippen molar-refractivity contribution in [3.63, 3.8) is 0 Å². The first-order valence-corrected chi connectivity index (χ1v) is 6.31. The average Bonchev–Trinajstić information content (AvgIpc) is 2.73. The fourth-order valence-electron chi connectivity index (χ4n) is 1.39. The average molecular weight is 254 g/mol. The van der Waals surface area contributed by atoms with Crippen molar-refractivity contribution in [1.29, 1.82) is 0 Å². The number of hydrogen-bond acceptors (Lipinski definition) is 6. The molecule has 0 bridgehead atoms. The van der Waals surface area contributed by atoms with Gasteiger partial charge in [-0.2, -0.15) is 0 Å². The summed E-state index contributed by atoms with van der Waals surface area (Å²) in [6, 6.07) is 0.